The van der Waals surface area contributed by atoms with Crippen molar-refractivity contribution in [3.8, 4) is 11.5 Å². The average Bonchev–Trinajstić information content (AvgIpc) is 3.48. The summed E-state index contributed by atoms with van der Waals surface area (Å²) >= 11 is 0. The summed E-state index contributed by atoms with van der Waals surface area (Å²) < 4.78 is 15.6. The number of H-pyrrole nitrogens is 1. The van der Waals surface area contributed by atoms with Crippen molar-refractivity contribution in [1.82, 2.24) is 28.7 Å². The van der Waals surface area contributed by atoms with E-state index >= 15 is 0 Å². The molecule has 0 bridgehead atoms. The number of methoxy groups -OCH3 is 1. The summed E-state index contributed by atoms with van der Waals surface area (Å²) in [5, 5.41) is 13.9. The number of anilines is 1. The van der Waals surface area contributed by atoms with Crippen LogP contribution in [0.2, 0.25) is 0 Å². The van der Waals surface area contributed by atoms with Gasteiger partial charge in [0.1, 0.15) is 24.2 Å². The summed E-state index contributed by atoms with van der Waals surface area (Å²) in [4.78, 5) is 35.4. The molecule has 1 aromatic carbocycles. The lowest BCUT2D eigenvalue weighted by molar-refractivity contribution is 0.0938. The third-order valence-corrected chi connectivity index (χ3v) is 5.34. The molecule has 0 amide bonds. The van der Waals surface area contributed by atoms with Gasteiger partial charge in [-0.3, -0.25) is 14.3 Å². The Hall–Kier alpha value is -4.06. The minimum Gasteiger partial charge on any atom is -0.497 e. The molecule has 3 heterocycles. The summed E-state index contributed by atoms with van der Waals surface area (Å²) in [5.41, 5.74) is -0.700. The summed E-state index contributed by atoms with van der Waals surface area (Å²) in [7, 11) is 3.11. The van der Waals surface area contributed by atoms with Gasteiger partial charge in [-0.1, -0.05) is 0 Å². The van der Waals surface area contributed by atoms with Crippen LogP contribution < -0.4 is 26.0 Å². The van der Waals surface area contributed by atoms with E-state index in [0.29, 0.717) is 24.0 Å². The molecule has 3 N–H and O–H groups in total. The van der Waals surface area contributed by atoms with Gasteiger partial charge in [-0.15, -0.1) is 0 Å². The molecule has 180 valence electrons. The highest BCUT2D eigenvalue weighted by Gasteiger charge is 2.20. The number of aliphatic hydroxyl groups excluding tert-OH is 1. The van der Waals surface area contributed by atoms with E-state index in [1.54, 1.807) is 48.5 Å². The van der Waals surface area contributed by atoms with E-state index < -0.39 is 17.4 Å². The van der Waals surface area contributed by atoms with E-state index in [4.69, 9.17) is 9.47 Å². The van der Waals surface area contributed by atoms with Crippen LogP contribution in [0.4, 0.5) is 5.95 Å². The number of nitrogens with one attached hydrogen (secondary N) is 2. The van der Waals surface area contributed by atoms with Crippen molar-refractivity contribution in [2.24, 2.45) is 7.05 Å². The Kier molecular flexibility index (Phi) is 6.97. The Morgan fingerprint density at radius 1 is 1.21 bits per heavy atom. The molecule has 12 heteroatoms. The highest BCUT2D eigenvalue weighted by Crippen LogP contribution is 2.19. The molecule has 1 atom stereocenters. The molecule has 4 aromatic rings. The molecule has 0 unspecified atom stereocenters. The zero-order valence-electron chi connectivity index (χ0n) is 19.0. The number of aliphatic hydroxyl groups is 1. The minimum absolute atomic E-state index is 0.00423. The zero-order chi connectivity index (χ0) is 24.1. The average molecular weight is 470 g/mol. The van der Waals surface area contributed by atoms with Gasteiger partial charge in [0.2, 0.25) is 5.95 Å². The van der Waals surface area contributed by atoms with Crippen molar-refractivity contribution in [3.63, 3.8) is 0 Å². The molecule has 34 heavy (non-hydrogen) atoms. The van der Waals surface area contributed by atoms with Gasteiger partial charge in [-0.2, -0.15) is 4.98 Å². The summed E-state index contributed by atoms with van der Waals surface area (Å²) in [6, 6.07) is 7.01. The van der Waals surface area contributed by atoms with Gasteiger partial charge in [0, 0.05) is 32.5 Å². The molecule has 0 aliphatic carbocycles. The lowest BCUT2D eigenvalue weighted by Gasteiger charge is -2.16. The topological polar surface area (TPSA) is 141 Å². The fourth-order valence-corrected chi connectivity index (χ4v) is 3.56. The van der Waals surface area contributed by atoms with Gasteiger partial charge in [-0.05, 0) is 30.7 Å². The van der Waals surface area contributed by atoms with Crippen LogP contribution in [0.3, 0.4) is 0 Å². The first kappa shape index (κ1) is 23.1. The van der Waals surface area contributed by atoms with Crippen LogP contribution in [0.1, 0.15) is 6.42 Å². The molecular formula is C22H27N7O5. The quantitative estimate of drug-likeness (QED) is 0.271. The van der Waals surface area contributed by atoms with E-state index in [1.807, 2.05) is 10.8 Å². The molecule has 4 rings (SSSR count). The Balaban J connectivity index is 1.50. The first-order valence-corrected chi connectivity index (χ1v) is 10.8. The van der Waals surface area contributed by atoms with E-state index in [1.165, 1.54) is 11.6 Å². The Bertz CT molecular complexity index is 1340. The van der Waals surface area contributed by atoms with Crippen molar-refractivity contribution in [3.05, 3.63) is 63.8 Å². The summed E-state index contributed by atoms with van der Waals surface area (Å²) in [5.74, 6) is 1.66. The number of aromatic nitrogens is 6. The molecule has 0 saturated heterocycles. The van der Waals surface area contributed by atoms with Crippen molar-refractivity contribution >= 4 is 17.1 Å². The molecule has 0 aliphatic heterocycles. The van der Waals surface area contributed by atoms with Crippen LogP contribution in [0.5, 0.6) is 11.5 Å². The Morgan fingerprint density at radius 2 is 1.97 bits per heavy atom. The van der Waals surface area contributed by atoms with Gasteiger partial charge in [-0.25, -0.2) is 9.78 Å². The van der Waals surface area contributed by atoms with E-state index in [9.17, 15) is 14.7 Å². The van der Waals surface area contributed by atoms with E-state index in [-0.39, 0.29) is 24.3 Å². The van der Waals surface area contributed by atoms with Crippen LogP contribution in [-0.2, 0) is 20.1 Å². The van der Waals surface area contributed by atoms with Crippen LogP contribution in [0.25, 0.3) is 11.2 Å². The minimum atomic E-state index is -0.942. The van der Waals surface area contributed by atoms with Gasteiger partial charge < -0.3 is 29.0 Å². The molecule has 0 aliphatic rings. The fraction of sp³-hybridized carbons (Fsp3) is 0.364. The molecule has 12 nitrogen and oxygen atoms in total. The number of aromatic amines is 1. The number of rotatable bonds is 11. The summed E-state index contributed by atoms with van der Waals surface area (Å²) in [6.45, 7) is 1.35. The summed E-state index contributed by atoms with van der Waals surface area (Å²) in [6.07, 6.45) is 5.17. The molecule has 0 saturated carbocycles. The zero-order valence-corrected chi connectivity index (χ0v) is 19.0. The molecular weight excluding hydrogens is 442 g/mol. The number of ether oxygens (including phenoxy) is 2. The van der Waals surface area contributed by atoms with Crippen molar-refractivity contribution in [2.45, 2.75) is 25.6 Å². The lowest BCUT2D eigenvalue weighted by Crippen LogP contribution is -2.31. The number of benzene rings is 1. The van der Waals surface area contributed by atoms with Crippen LogP contribution >= 0.6 is 0 Å². The number of nitrogens with zero attached hydrogens (tertiary/aromatic N) is 5. The highest BCUT2D eigenvalue weighted by molar-refractivity contribution is 5.74. The standard InChI is InChI=1S/C22H27N7O5/c1-27-19-18(20(31)26-22(27)32)29(21(25-19)24-8-3-10-28-11-9-23-14-28)12-15(30)13-34-17-6-4-16(33-2)5-7-17/h4-7,9,11,14-15,30H,3,8,10,12-13H2,1-2H3,(H,24,25)(H,26,31,32)/t15-/m0/s1. The van der Waals surface area contributed by atoms with Gasteiger partial charge in [0.15, 0.2) is 11.2 Å². The SMILES string of the molecule is COc1ccc(OC[C@@H](O)Cn2c(NCCCn3ccnc3)nc3c2c(=O)[nH]c(=O)n3C)cc1. The maximum atomic E-state index is 12.6. The molecule has 0 fully saturated rings. The normalized spacial score (nSPS) is 12.1. The number of fused-ring (bicyclic) bond motifs is 1. The Morgan fingerprint density at radius 3 is 2.68 bits per heavy atom. The van der Waals surface area contributed by atoms with Gasteiger partial charge in [0.25, 0.3) is 5.56 Å². The predicted molar refractivity (Wildman–Crippen MR) is 125 cm³/mol. The first-order chi connectivity index (χ1) is 16.5. The number of hydrogen-bond donors (Lipinski definition) is 3. The smallest absolute Gasteiger partial charge is 0.329 e. The van der Waals surface area contributed by atoms with Crippen LogP contribution in [-0.4, -0.2) is 60.1 Å². The number of imidazole rings is 2. The maximum Gasteiger partial charge on any atom is 0.329 e. The van der Waals surface area contributed by atoms with E-state index in [2.05, 4.69) is 20.3 Å². The second-order valence-electron chi connectivity index (χ2n) is 7.76. The van der Waals surface area contributed by atoms with Crippen molar-refractivity contribution in [2.75, 3.05) is 25.6 Å². The first-order valence-electron chi connectivity index (χ1n) is 10.8. The largest absolute Gasteiger partial charge is 0.497 e. The second kappa shape index (κ2) is 10.3. The predicted octanol–water partition coefficient (Wildman–Crippen LogP) is 0.571. The third kappa shape index (κ3) is 5.12. The van der Waals surface area contributed by atoms with Crippen molar-refractivity contribution < 1.29 is 14.6 Å². The monoisotopic (exact) mass is 469 g/mol. The third-order valence-electron chi connectivity index (χ3n) is 5.34. The van der Waals surface area contributed by atoms with Crippen molar-refractivity contribution in [1.29, 1.82) is 0 Å². The van der Waals surface area contributed by atoms with Crippen LogP contribution in [0.15, 0.2) is 52.6 Å². The molecule has 3 aromatic heterocycles. The fourth-order valence-electron chi connectivity index (χ4n) is 3.56. The lowest BCUT2D eigenvalue weighted by atomic mass is 10.3. The molecule has 0 radical (unpaired) electrons. The second-order valence-corrected chi connectivity index (χ2v) is 7.76. The highest BCUT2D eigenvalue weighted by atomic mass is 16.5. The van der Waals surface area contributed by atoms with E-state index in [0.717, 1.165) is 13.0 Å². The number of hydrogen-bond acceptors (Lipinski definition) is 8. The molecule has 0 spiro atoms. The van der Waals surface area contributed by atoms with Gasteiger partial charge >= 0.3 is 5.69 Å². The Labute approximate surface area is 194 Å². The van der Waals surface area contributed by atoms with Crippen LogP contribution in [0, 0.1) is 0 Å². The maximum absolute atomic E-state index is 12.6. The van der Waals surface area contributed by atoms with Gasteiger partial charge in [0.05, 0.1) is 20.0 Å². The number of aryl methyl sites for hydroxylation is 2.